The molecule has 90 valence electrons. The van der Waals surface area contributed by atoms with Gasteiger partial charge < -0.3 is 5.32 Å². The summed E-state index contributed by atoms with van der Waals surface area (Å²) in [6, 6.07) is -0.397. The third-order valence-electron chi connectivity index (χ3n) is 1.93. The molecule has 1 amide bonds. The normalized spacial score (nSPS) is 11.7. The van der Waals surface area contributed by atoms with Crippen molar-refractivity contribution < 1.29 is 13.2 Å². The van der Waals surface area contributed by atoms with Crippen molar-refractivity contribution in [2.24, 2.45) is 0 Å². The van der Waals surface area contributed by atoms with Crippen LogP contribution in [0.3, 0.4) is 0 Å². The number of hydrogen-bond acceptors (Lipinski definition) is 4. The van der Waals surface area contributed by atoms with Gasteiger partial charge in [0.1, 0.15) is 6.33 Å². The standard InChI is InChI=1S/C8H14N4O3S/c1-11(2)16(14,15)6-4-10-8(13)12-5-3-9-7-12/h3,5,7H,4,6H2,1-2H3,(H,10,13). The maximum Gasteiger partial charge on any atom is 0.326 e. The third kappa shape index (κ3) is 3.31. The van der Waals surface area contributed by atoms with Gasteiger partial charge in [-0.05, 0) is 0 Å². The Kier molecular flexibility index (Phi) is 4.02. The van der Waals surface area contributed by atoms with Crippen LogP contribution in [0.4, 0.5) is 4.79 Å². The summed E-state index contributed by atoms with van der Waals surface area (Å²) in [6.07, 6.45) is 4.29. The number of aromatic nitrogens is 2. The molecule has 1 aromatic heterocycles. The van der Waals surface area contributed by atoms with E-state index in [9.17, 15) is 13.2 Å². The van der Waals surface area contributed by atoms with Gasteiger partial charge in [0.25, 0.3) is 0 Å². The first kappa shape index (κ1) is 12.7. The van der Waals surface area contributed by atoms with Gasteiger partial charge in [-0.2, -0.15) is 0 Å². The second-order valence-corrected chi connectivity index (χ2v) is 5.60. The lowest BCUT2D eigenvalue weighted by Crippen LogP contribution is -2.35. The Hall–Kier alpha value is -1.41. The molecule has 1 heterocycles. The van der Waals surface area contributed by atoms with Crippen molar-refractivity contribution in [1.82, 2.24) is 19.2 Å². The van der Waals surface area contributed by atoms with Crippen molar-refractivity contribution in [3.63, 3.8) is 0 Å². The zero-order valence-electron chi connectivity index (χ0n) is 9.12. The van der Waals surface area contributed by atoms with E-state index in [0.717, 1.165) is 4.31 Å². The van der Waals surface area contributed by atoms with Crippen LogP contribution >= 0.6 is 0 Å². The molecule has 0 bridgehead atoms. The van der Waals surface area contributed by atoms with E-state index in [2.05, 4.69) is 10.3 Å². The zero-order valence-corrected chi connectivity index (χ0v) is 9.94. The van der Waals surface area contributed by atoms with Crippen molar-refractivity contribution in [2.45, 2.75) is 0 Å². The molecule has 0 atom stereocenters. The van der Waals surface area contributed by atoms with E-state index in [1.165, 1.54) is 37.4 Å². The van der Waals surface area contributed by atoms with Crippen molar-refractivity contribution in [3.8, 4) is 0 Å². The topological polar surface area (TPSA) is 84.3 Å². The van der Waals surface area contributed by atoms with E-state index >= 15 is 0 Å². The first-order valence-electron chi connectivity index (χ1n) is 4.60. The molecule has 0 aromatic carbocycles. The second-order valence-electron chi connectivity index (χ2n) is 3.30. The molecule has 16 heavy (non-hydrogen) atoms. The summed E-state index contributed by atoms with van der Waals surface area (Å²) in [5.74, 6) is -0.125. The number of sulfonamides is 1. The molecule has 7 nitrogen and oxygen atoms in total. The van der Waals surface area contributed by atoms with Gasteiger partial charge in [0, 0.05) is 33.0 Å². The van der Waals surface area contributed by atoms with Crippen molar-refractivity contribution in [2.75, 3.05) is 26.4 Å². The summed E-state index contributed by atoms with van der Waals surface area (Å²) in [4.78, 5) is 15.1. The maximum atomic E-state index is 11.4. The van der Waals surface area contributed by atoms with Gasteiger partial charge in [-0.1, -0.05) is 0 Å². The number of rotatable bonds is 4. The van der Waals surface area contributed by atoms with Crippen LogP contribution in [-0.2, 0) is 10.0 Å². The van der Waals surface area contributed by atoms with Crippen molar-refractivity contribution in [1.29, 1.82) is 0 Å². The molecule has 1 N–H and O–H groups in total. The largest absolute Gasteiger partial charge is 0.336 e. The number of amides is 1. The molecule has 0 saturated carbocycles. The lowest BCUT2D eigenvalue weighted by atomic mass is 10.7. The summed E-state index contributed by atoms with van der Waals surface area (Å²) < 4.78 is 25.1. The Bertz CT molecular complexity index is 438. The molecule has 1 aromatic rings. The first-order chi connectivity index (χ1) is 7.43. The summed E-state index contributed by atoms with van der Waals surface area (Å²) in [5.41, 5.74) is 0. The minimum absolute atomic E-state index is 0.0670. The van der Waals surface area contributed by atoms with E-state index in [1.807, 2.05) is 0 Å². The summed E-state index contributed by atoms with van der Waals surface area (Å²) in [5, 5.41) is 2.47. The molecule has 0 unspecified atom stereocenters. The highest BCUT2D eigenvalue weighted by molar-refractivity contribution is 7.89. The fraction of sp³-hybridized carbons (Fsp3) is 0.500. The van der Waals surface area contributed by atoms with Crippen LogP contribution in [0, 0.1) is 0 Å². The van der Waals surface area contributed by atoms with Gasteiger partial charge in [0.05, 0.1) is 5.75 Å². The van der Waals surface area contributed by atoms with Crippen molar-refractivity contribution in [3.05, 3.63) is 18.7 Å². The van der Waals surface area contributed by atoms with E-state index in [1.54, 1.807) is 0 Å². The highest BCUT2D eigenvalue weighted by Gasteiger charge is 2.13. The number of carbonyl (C=O) groups is 1. The van der Waals surface area contributed by atoms with E-state index in [0.29, 0.717) is 0 Å². The lowest BCUT2D eigenvalue weighted by molar-refractivity contribution is 0.243. The SMILES string of the molecule is CN(C)S(=O)(=O)CCNC(=O)n1ccnc1. The van der Waals surface area contributed by atoms with Crippen molar-refractivity contribution >= 4 is 16.1 Å². The maximum absolute atomic E-state index is 11.4. The molecular formula is C8H14N4O3S. The Balaban J connectivity index is 2.40. The fourth-order valence-electron chi connectivity index (χ4n) is 0.940. The van der Waals surface area contributed by atoms with Crippen LogP contribution in [0.15, 0.2) is 18.7 Å². The lowest BCUT2D eigenvalue weighted by Gasteiger charge is -2.11. The minimum Gasteiger partial charge on any atom is -0.336 e. The minimum atomic E-state index is -3.27. The first-order valence-corrected chi connectivity index (χ1v) is 6.21. The predicted molar refractivity (Wildman–Crippen MR) is 58.5 cm³/mol. The summed E-state index contributed by atoms with van der Waals surface area (Å²) in [6.45, 7) is 0.0670. The molecule has 0 fully saturated rings. The Morgan fingerprint density at radius 3 is 2.69 bits per heavy atom. The van der Waals surface area contributed by atoms with Crippen LogP contribution in [0.1, 0.15) is 0 Å². The van der Waals surface area contributed by atoms with Gasteiger partial charge in [0.2, 0.25) is 10.0 Å². The zero-order chi connectivity index (χ0) is 12.2. The Morgan fingerprint density at radius 1 is 1.50 bits per heavy atom. The number of carbonyl (C=O) groups excluding carboxylic acids is 1. The van der Waals surface area contributed by atoms with Crippen LogP contribution in [0.2, 0.25) is 0 Å². The number of hydrogen-bond donors (Lipinski definition) is 1. The number of nitrogens with zero attached hydrogens (tertiary/aromatic N) is 3. The monoisotopic (exact) mass is 246 g/mol. The molecular weight excluding hydrogens is 232 g/mol. The van der Waals surface area contributed by atoms with Crippen LogP contribution in [0.5, 0.6) is 0 Å². The molecule has 1 rings (SSSR count). The second kappa shape index (κ2) is 5.08. The van der Waals surface area contributed by atoms with Crippen LogP contribution < -0.4 is 5.32 Å². The molecule has 0 aliphatic heterocycles. The van der Waals surface area contributed by atoms with E-state index < -0.39 is 16.1 Å². The molecule has 0 saturated heterocycles. The highest BCUT2D eigenvalue weighted by atomic mass is 32.2. The summed E-state index contributed by atoms with van der Waals surface area (Å²) >= 11 is 0. The molecule has 0 aliphatic rings. The number of nitrogens with one attached hydrogen (secondary N) is 1. The Labute approximate surface area is 94.1 Å². The smallest absolute Gasteiger partial charge is 0.326 e. The fourth-order valence-corrected chi connectivity index (χ4v) is 1.67. The average molecular weight is 246 g/mol. The van der Waals surface area contributed by atoms with Crippen LogP contribution in [-0.4, -0.2) is 54.7 Å². The Morgan fingerprint density at radius 2 is 2.19 bits per heavy atom. The van der Waals surface area contributed by atoms with E-state index in [4.69, 9.17) is 0 Å². The van der Waals surface area contributed by atoms with E-state index in [-0.39, 0.29) is 12.3 Å². The molecule has 0 radical (unpaired) electrons. The average Bonchev–Trinajstić information content (AvgIpc) is 2.69. The third-order valence-corrected chi connectivity index (χ3v) is 3.76. The predicted octanol–water partition coefficient (Wildman–Crippen LogP) is -0.668. The quantitative estimate of drug-likeness (QED) is 0.763. The number of imidazole rings is 1. The highest BCUT2D eigenvalue weighted by Crippen LogP contribution is 1.92. The van der Waals surface area contributed by atoms with Gasteiger partial charge in [-0.15, -0.1) is 0 Å². The molecule has 0 spiro atoms. The summed E-state index contributed by atoms with van der Waals surface area (Å²) in [7, 11) is -0.366. The van der Waals surface area contributed by atoms with Gasteiger partial charge >= 0.3 is 6.03 Å². The molecule has 8 heteroatoms. The van der Waals surface area contributed by atoms with Crippen LogP contribution in [0.25, 0.3) is 0 Å². The van der Waals surface area contributed by atoms with Gasteiger partial charge in [-0.3, -0.25) is 4.57 Å². The molecule has 0 aliphatic carbocycles. The van der Waals surface area contributed by atoms with Gasteiger partial charge in [-0.25, -0.2) is 22.5 Å². The van der Waals surface area contributed by atoms with Gasteiger partial charge in [0.15, 0.2) is 0 Å².